The molecule has 1 saturated heterocycles. The molecule has 0 aliphatic carbocycles. The first-order chi connectivity index (χ1) is 7.87. The van der Waals surface area contributed by atoms with E-state index in [0.29, 0.717) is 12.6 Å². The standard InChI is InChI=1S/C12H25N3O2/c1-12(2,3)17-11(16)14-6-5-10-9-15(4)8-7-13-10/h10,13H,5-9H2,1-4H3,(H,14,16). The molecule has 1 aliphatic rings. The van der Waals surface area contributed by atoms with Crippen molar-refractivity contribution in [1.29, 1.82) is 0 Å². The second kappa shape index (κ2) is 6.21. The van der Waals surface area contributed by atoms with Crippen molar-refractivity contribution in [2.75, 3.05) is 33.2 Å². The number of nitrogens with zero attached hydrogens (tertiary/aromatic N) is 1. The zero-order valence-corrected chi connectivity index (χ0v) is 11.4. The van der Waals surface area contributed by atoms with Gasteiger partial charge in [-0.2, -0.15) is 0 Å². The van der Waals surface area contributed by atoms with Crippen LogP contribution in [0.25, 0.3) is 0 Å². The first-order valence-corrected chi connectivity index (χ1v) is 6.25. The molecule has 100 valence electrons. The van der Waals surface area contributed by atoms with Gasteiger partial charge in [0.25, 0.3) is 0 Å². The fourth-order valence-corrected chi connectivity index (χ4v) is 1.85. The highest BCUT2D eigenvalue weighted by molar-refractivity contribution is 5.67. The van der Waals surface area contributed by atoms with Gasteiger partial charge in [-0.05, 0) is 34.2 Å². The molecule has 0 saturated carbocycles. The van der Waals surface area contributed by atoms with Crippen LogP contribution >= 0.6 is 0 Å². The van der Waals surface area contributed by atoms with E-state index in [-0.39, 0.29) is 6.09 Å². The second-order valence-electron chi connectivity index (χ2n) is 5.63. The van der Waals surface area contributed by atoms with E-state index in [1.54, 1.807) is 0 Å². The van der Waals surface area contributed by atoms with Crippen molar-refractivity contribution >= 4 is 6.09 Å². The lowest BCUT2D eigenvalue weighted by molar-refractivity contribution is 0.0524. The molecular weight excluding hydrogens is 218 g/mol. The first-order valence-electron chi connectivity index (χ1n) is 6.25. The van der Waals surface area contributed by atoms with Crippen molar-refractivity contribution in [3.8, 4) is 0 Å². The van der Waals surface area contributed by atoms with Gasteiger partial charge in [-0.15, -0.1) is 0 Å². The number of alkyl carbamates (subject to hydrolysis) is 1. The topological polar surface area (TPSA) is 53.6 Å². The van der Waals surface area contributed by atoms with Crippen LogP contribution in [-0.4, -0.2) is 55.9 Å². The molecule has 2 N–H and O–H groups in total. The molecular formula is C12H25N3O2. The number of carbonyl (C=O) groups is 1. The molecule has 1 unspecified atom stereocenters. The van der Waals surface area contributed by atoms with Gasteiger partial charge in [-0.3, -0.25) is 0 Å². The minimum Gasteiger partial charge on any atom is -0.444 e. The Labute approximate surface area is 104 Å². The minimum atomic E-state index is -0.423. The predicted octanol–water partition coefficient (Wildman–Crippen LogP) is 0.805. The Hall–Kier alpha value is -0.810. The van der Waals surface area contributed by atoms with E-state index in [1.807, 2.05) is 20.8 Å². The van der Waals surface area contributed by atoms with Gasteiger partial charge in [0.2, 0.25) is 0 Å². The van der Waals surface area contributed by atoms with Gasteiger partial charge in [0.15, 0.2) is 0 Å². The molecule has 1 heterocycles. The number of carbonyl (C=O) groups excluding carboxylic acids is 1. The van der Waals surface area contributed by atoms with Crippen LogP contribution in [0, 0.1) is 0 Å². The van der Waals surface area contributed by atoms with Crippen molar-refractivity contribution in [3.63, 3.8) is 0 Å². The third-order valence-electron chi connectivity index (χ3n) is 2.62. The van der Waals surface area contributed by atoms with E-state index < -0.39 is 5.60 Å². The summed E-state index contributed by atoms with van der Waals surface area (Å²) in [6.45, 7) is 9.40. The molecule has 5 nitrogen and oxygen atoms in total. The van der Waals surface area contributed by atoms with Crippen molar-refractivity contribution in [2.24, 2.45) is 0 Å². The Morgan fingerprint density at radius 2 is 2.24 bits per heavy atom. The van der Waals surface area contributed by atoms with Crippen LogP contribution < -0.4 is 10.6 Å². The molecule has 1 amide bonds. The third kappa shape index (κ3) is 6.48. The quantitative estimate of drug-likeness (QED) is 0.770. The summed E-state index contributed by atoms with van der Waals surface area (Å²) in [5.41, 5.74) is -0.423. The zero-order chi connectivity index (χ0) is 12.9. The minimum absolute atomic E-state index is 0.332. The molecule has 1 fully saturated rings. The van der Waals surface area contributed by atoms with Crippen LogP contribution in [0.2, 0.25) is 0 Å². The van der Waals surface area contributed by atoms with E-state index in [9.17, 15) is 4.79 Å². The molecule has 1 atom stereocenters. The number of hydrogen-bond donors (Lipinski definition) is 2. The van der Waals surface area contributed by atoms with Crippen molar-refractivity contribution in [1.82, 2.24) is 15.5 Å². The first kappa shape index (κ1) is 14.3. The monoisotopic (exact) mass is 243 g/mol. The van der Waals surface area contributed by atoms with E-state index >= 15 is 0 Å². The lowest BCUT2D eigenvalue weighted by Crippen LogP contribution is -2.50. The van der Waals surface area contributed by atoms with Gasteiger partial charge >= 0.3 is 6.09 Å². The van der Waals surface area contributed by atoms with Crippen LogP contribution in [-0.2, 0) is 4.74 Å². The maximum Gasteiger partial charge on any atom is 0.407 e. The summed E-state index contributed by atoms with van der Waals surface area (Å²) >= 11 is 0. The second-order valence-corrected chi connectivity index (χ2v) is 5.63. The van der Waals surface area contributed by atoms with Crippen LogP contribution in [0.3, 0.4) is 0 Å². The molecule has 0 aromatic carbocycles. The van der Waals surface area contributed by atoms with Crippen LogP contribution in [0.5, 0.6) is 0 Å². The summed E-state index contributed by atoms with van der Waals surface area (Å²) in [5, 5.41) is 6.22. The molecule has 0 spiro atoms. The maximum atomic E-state index is 11.4. The van der Waals surface area contributed by atoms with Crippen molar-refractivity contribution in [3.05, 3.63) is 0 Å². The van der Waals surface area contributed by atoms with E-state index in [4.69, 9.17) is 4.74 Å². The maximum absolute atomic E-state index is 11.4. The number of nitrogens with one attached hydrogen (secondary N) is 2. The van der Waals surface area contributed by atoms with Crippen LogP contribution in [0.4, 0.5) is 4.79 Å². The number of likely N-dealkylation sites (N-methyl/N-ethyl adjacent to an activating group) is 1. The zero-order valence-electron chi connectivity index (χ0n) is 11.4. The summed E-state index contributed by atoms with van der Waals surface area (Å²) < 4.78 is 5.17. The molecule has 0 radical (unpaired) electrons. The van der Waals surface area contributed by atoms with Gasteiger partial charge in [-0.25, -0.2) is 4.79 Å². The van der Waals surface area contributed by atoms with Gasteiger partial charge in [-0.1, -0.05) is 0 Å². The summed E-state index contributed by atoms with van der Waals surface area (Å²) in [4.78, 5) is 13.7. The predicted molar refractivity (Wildman–Crippen MR) is 68.1 cm³/mol. The Morgan fingerprint density at radius 1 is 1.53 bits per heavy atom. The molecule has 0 bridgehead atoms. The molecule has 1 rings (SSSR count). The number of ether oxygens (including phenoxy) is 1. The Balaban J connectivity index is 2.13. The average molecular weight is 243 g/mol. The summed E-state index contributed by atoms with van der Waals surface area (Å²) in [6, 6.07) is 0.462. The molecule has 1 aliphatic heterocycles. The summed E-state index contributed by atoms with van der Waals surface area (Å²) in [6.07, 6.45) is 0.602. The normalized spacial score (nSPS) is 22.2. The number of hydrogen-bond acceptors (Lipinski definition) is 4. The molecule has 0 aromatic heterocycles. The van der Waals surface area contributed by atoms with Gasteiger partial charge in [0.1, 0.15) is 5.60 Å². The Kier molecular flexibility index (Phi) is 5.21. The van der Waals surface area contributed by atoms with Crippen LogP contribution in [0.1, 0.15) is 27.2 Å². The smallest absolute Gasteiger partial charge is 0.407 e. The summed E-state index contributed by atoms with van der Waals surface area (Å²) in [7, 11) is 2.12. The highest BCUT2D eigenvalue weighted by atomic mass is 16.6. The van der Waals surface area contributed by atoms with E-state index in [1.165, 1.54) is 0 Å². The lowest BCUT2D eigenvalue weighted by atomic mass is 10.1. The fraction of sp³-hybridized carbons (Fsp3) is 0.917. The highest BCUT2D eigenvalue weighted by Gasteiger charge is 2.18. The molecule has 5 heteroatoms. The van der Waals surface area contributed by atoms with Crippen molar-refractivity contribution < 1.29 is 9.53 Å². The van der Waals surface area contributed by atoms with Crippen LogP contribution in [0.15, 0.2) is 0 Å². The Bertz CT molecular complexity index is 251. The Morgan fingerprint density at radius 3 is 2.82 bits per heavy atom. The highest BCUT2D eigenvalue weighted by Crippen LogP contribution is 2.06. The largest absolute Gasteiger partial charge is 0.444 e. The average Bonchev–Trinajstić information content (AvgIpc) is 2.14. The molecule has 0 aromatic rings. The third-order valence-corrected chi connectivity index (χ3v) is 2.62. The lowest BCUT2D eigenvalue weighted by Gasteiger charge is -2.31. The fourth-order valence-electron chi connectivity index (χ4n) is 1.85. The number of piperazine rings is 1. The van der Waals surface area contributed by atoms with Gasteiger partial charge in [0.05, 0.1) is 0 Å². The van der Waals surface area contributed by atoms with E-state index in [2.05, 4.69) is 22.6 Å². The number of rotatable bonds is 3. The SMILES string of the molecule is CN1CCNC(CCNC(=O)OC(C)(C)C)C1. The van der Waals surface area contributed by atoms with Crippen molar-refractivity contribution in [2.45, 2.75) is 38.8 Å². The number of amides is 1. The van der Waals surface area contributed by atoms with Gasteiger partial charge in [0, 0.05) is 32.2 Å². The van der Waals surface area contributed by atoms with E-state index in [0.717, 1.165) is 26.1 Å². The van der Waals surface area contributed by atoms with Gasteiger partial charge < -0.3 is 20.3 Å². The summed E-state index contributed by atoms with van der Waals surface area (Å²) in [5.74, 6) is 0. The molecule has 17 heavy (non-hydrogen) atoms.